The van der Waals surface area contributed by atoms with Gasteiger partial charge in [-0.25, -0.2) is 4.39 Å². The third-order valence-corrected chi connectivity index (χ3v) is 5.13. The van der Waals surface area contributed by atoms with Gasteiger partial charge in [0, 0.05) is 11.7 Å². The minimum atomic E-state index is -4.50. The van der Waals surface area contributed by atoms with Crippen molar-refractivity contribution in [1.82, 2.24) is 10.6 Å². The molecule has 1 saturated heterocycles. The van der Waals surface area contributed by atoms with E-state index in [0.29, 0.717) is 18.4 Å². The van der Waals surface area contributed by atoms with E-state index >= 15 is 0 Å². The first-order chi connectivity index (χ1) is 11.5. The predicted octanol–water partition coefficient (Wildman–Crippen LogP) is 4.75. The van der Waals surface area contributed by atoms with E-state index in [1.807, 2.05) is 0 Å². The van der Waals surface area contributed by atoms with Gasteiger partial charge in [-0.15, -0.1) is 0 Å². The van der Waals surface area contributed by atoms with Crippen molar-refractivity contribution in [2.45, 2.75) is 63.0 Å². The molecule has 25 heavy (non-hydrogen) atoms. The third kappa shape index (κ3) is 3.84. The number of nitrogens with one attached hydrogen (secondary N) is 2. The van der Waals surface area contributed by atoms with Crippen molar-refractivity contribution < 1.29 is 17.6 Å². The van der Waals surface area contributed by atoms with Crippen LogP contribution in [-0.2, 0) is 17.4 Å². The van der Waals surface area contributed by atoms with E-state index in [-0.39, 0.29) is 11.6 Å². The van der Waals surface area contributed by atoms with E-state index in [0.717, 1.165) is 37.2 Å². The van der Waals surface area contributed by atoms with Crippen molar-refractivity contribution in [3.05, 3.63) is 47.2 Å². The number of benzene rings is 1. The van der Waals surface area contributed by atoms with Crippen LogP contribution in [0.4, 0.5) is 17.6 Å². The molecular weight excluding hydrogens is 332 g/mol. The van der Waals surface area contributed by atoms with Gasteiger partial charge < -0.3 is 10.6 Å². The SMILES string of the molecule is C=C(NC1(c2cc(C(C)(C)F)cc(C(F)(F)F)c2)CC1)[C@@H]1CCCN1. The highest BCUT2D eigenvalue weighted by molar-refractivity contribution is 5.41. The van der Waals surface area contributed by atoms with Gasteiger partial charge in [-0.1, -0.05) is 12.6 Å². The van der Waals surface area contributed by atoms with Gasteiger partial charge in [0.05, 0.1) is 11.1 Å². The van der Waals surface area contributed by atoms with Crippen molar-refractivity contribution in [3.8, 4) is 0 Å². The molecule has 2 aliphatic rings. The van der Waals surface area contributed by atoms with Crippen molar-refractivity contribution in [2.75, 3.05) is 6.54 Å². The fourth-order valence-corrected chi connectivity index (χ4v) is 3.40. The number of hydrogen-bond acceptors (Lipinski definition) is 2. The number of halogens is 4. The first-order valence-electron chi connectivity index (χ1n) is 8.64. The molecule has 1 aliphatic carbocycles. The Hall–Kier alpha value is -1.56. The highest BCUT2D eigenvalue weighted by Crippen LogP contribution is 2.49. The average molecular weight is 356 g/mol. The van der Waals surface area contributed by atoms with Crippen LogP contribution in [-0.4, -0.2) is 12.6 Å². The van der Waals surface area contributed by atoms with E-state index in [1.54, 1.807) is 6.07 Å². The predicted molar refractivity (Wildman–Crippen MR) is 89.8 cm³/mol. The quantitative estimate of drug-likeness (QED) is 0.744. The Bertz CT molecular complexity index is 631. The minimum absolute atomic E-state index is 0.0509. The summed E-state index contributed by atoms with van der Waals surface area (Å²) >= 11 is 0. The maximum atomic E-state index is 14.4. The monoisotopic (exact) mass is 356 g/mol. The third-order valence-electron chi connectivity index (χ3n) is 5.13. The summed E-state index contributed by atoms with van der Waals surface area (Å²) in [5, 5.41) is 6.66. The Balaban J connectivity index is 1.93. The molecule has 1 aromatic carbocycles. The van der Waals surface area contributed by atoms with Gasteiger partial charge in [-0.2, -0.15) is 13.2 Å². The van der Waals surface area contributed by atoms with Gasteiger partial charge >= 0.3 is 6.18 Å². The van der Waals surface area contributed by atoms with Crippen LogP contribution >= 0.6 is 0 Å². The first kappa shape index (κ1) is 18.2. The Morgan fingerprint density at radius 1 is 1.16 bits per heavy atom. The standard InChI is InChI=1S/C19H24F4N2/c1-12(16-5-4-8-24-16)25-18(6-7-18)14-9-13(17(2,3)20)10-15(11-14)19(21,22)23/h9-11,16,24-25H,1,4-8H2,2-3H3/t16-/m0/s1. The summed E-state index contributed by atoms with van der Waals surface area (Å²) in [6.07, 6.45) is -1.05. The molecule has 0 bridgehead atoms. The molecule has 1 aliphatic heterocycles. The summed E-state index contributed by atoms with van der Waals surface area (Å²) in [5.74, 6) is 0. The van der Waals surface area contributed by atoms with Crippen molar-refractivity contribution in [3.63, 3.8) is 0 Å². The number of alkyl halides is 4. The van der Waals surface area contributed by atoms with Gasteiger partial charge in [-0.05, 0) is 69.3 Å². The Labute approximate surface area is 145 Å². The van der Waals surface area contributed by atoms with E-state index in [1.165, 1.54) is 13.8 Å². The van der Waals surface area contributed by atoms with Crippen LogP contribution in [0.5, 0.6) is 0 Å². The molecule has 6 heteroatoms. The molecule has 0 spiro atoms. The van der Waals surface area contributed by atoms with E-state index < -0.39 is 22.9 Å². The normalized spacial score (nSPS) is 22.7. The summed E-state index contributed by atoms with van der Waals surface area (Å²) in [6, 6.07) is 3.75. The molecule has 1 aromatic rings. The van der Waals surface area contributed by atoms with Crippen LogP contribution in [0.15, 0.2) is 30.5 Å². The summed E-state index contributed by atoms with van der Waals surface area (Å²) in [7, 11) is 0. The molecule has 1 atom stereocenters. The second kappa shape index (κ2) is 6.01. The van der Waals surface area contributed by atoms with Gasteiger partial charge in [0.15, 0.2) is 0 Å². The minimum Gasteiger partial charge on any atom is -0.378 e. The molecule has 0 amide bonds. The van der Waals surface area contributed by atoms with Gasteiger partial charge in [-0.3, -0.25) is 0 Å². The average Bonchev–Trinajstić information content (AvgIpc) is 3.08. The van der Waals surface area contributed by atoms with Crippen LogP contribution in [0, 0.1) is 0 Å². The molecule has 0 radical (unpaired) electrons. The largest absolute Gasteiger partial charge is 0.416 e. The van der Waals surface area contributed by atoms with Crippen LogP contribution in [0.2, 0.25) is 0 Å². The smallest absolute Gasteiger partial charge is 0.378 e. The van der Waals surface area contributed by atoms with E-state index in [4.69, 9.17) is 0 Å². The lowest BCUT2D eigenvalue weighted by atomic mass is 9.91. The highest BCUT2D eigenvalue weighted by Gasteiger charge is 2.47. The summed E-state index contributed by atoms with van der Waals surface area (Å²) in [6.45, 7) is 7.54. The molecule has 138 valence electrons. The molecule has 2 N–H and O–H groups in total. The van der Waals surface area contributed by atoms with Gasteiger partial charge in [0.25, 0.3) is 0 Å². The Morgan fingerprint density at radius 3 is 2.28 bits per heavy atom. The van der Waals surface area contributed by atoms with Crippen LogP contribution in [0.3, 0.4) is 0 Å². The lowest BCUT2D eigenvalue weighted by molar-refractivity contribution is -0.137. The highest BCUT2D eigenvalue weighted by atomic mass is 19.4. The Morgan fingerprint density at radius 2 is 1.80 bits per heavy atom. The number of hydrogen-bond donors (Lipinski definition) is 2. The molecule has 1 saturated carbocycles. The van der Waals surface area contributed by atoms with Crippen LogP contribution < -0.4 is 10.6 Å². The zero-order valence-corrected chi connectivity index (χ0v) is 14.6. The van der Waals surface area contributed by atoms with Crippen molar-refractivity contribution in [2.24, 2.45) is 0 Å². The van der Waals surface area contributed by atoms with Crippen LogP contribution in [0.1, 0.15) is 56.2 Å². The second-order valence-corrected chi connectivity index (χ2v) is 7.65. The molecule has 3 rings (SSSR count). The molecule has 0 aromatic heterocycles. The van der Waals surface area contributed by atoms with Crippen molar-refractivity contribution >= 4 is 0 Å². The molecule has 1 heterocycles. The van der Waals surface area contributed by atoms with E-state index in [9.17, 15) is 17.6 Å². The Kier molecular flexibility index (Phi) is 4.38. The van der Waals surface area contributed by atoms with Crippen LogP contribution in [0.25, 0.3) is 0 Å². The lowest BCUT2D eigenvalue weighted by Crippen LogP contribution is -2.37. The zero-order chi connectivity index (χ0) is 18.5. The maximum Gasteiger partial charge on any atom is 0.416 e. The van der Waals surface area contributed by atoms with Crippen molar-refractivity contribution in [1.29, 1.82) is 0 Å². The molecular formula is C19H24F4N2. The number of rotatable bonds is 5. The molecule has 2 fully saturated rings. The van der Waals surface area contributed by atoms with E-state index in [2.05, 4.69) is 17.2 Å². The van der Waals surface area contributed by atoms with Gasteiger partial charge in [0.1, 0.15) is 5.67 Å². The zero-order valence-electron chi connectivity index (χ0n) is 14.6. The topological polar surface area (TPSA) is 24.1 Å². The summed E-state index contributed by atoms with van der Waals surface area (Å²) in [5.41, 5.74) is -1.87. The first-order valence-corrected chi connectivity index (χ1v) is 8.64. The fourth-order valence-electron chi connectivity index (χ4n) is 3.40. The van der Waals surface area contributed by atoms with Gasteiger partial charge in [0.2, 0.25) is 0 Å². The second-order valence-electron chi connectivity index (χ2n) is 7.65. The summed E-state index contributed by atoms with van der Waals surface area (Å²) in [4.78, 5) is 0. The molecule has 2 nitrogen and oxygen atoms in total. The molecule has 0 unspecified atom stereocenters. The maximum absolute atomic E-state index is 14.4. The summed E-state index contributed by atoms with van der Waals surface area (Å²) < 4.78 is 54.2. The lowest BCUT2D eigenvalue weighted by Gasteiger charge is -2.27. The fraction of sp³-hybridized carbons (Fsp3) is 0.579.